The maximum absolute atomic E-state index is 6.29. The number of halogens is 3. The molecule has 0 unspecified atom stereocenters. The third-order valence-corrected chi connectivity index (χ3v) is 5.99. The van der Waals surface area contributed by atoms with E-state index < -0.39 is 0 Å². The topological polar surface area (TPSA) is 25.8 Å². The summed E-state index contributed by atoms with van der Waals surface area (Å²) in [5.74, 6) is 1.30. The van der Waals surface area contributed by atoms with Crippen molar-refractivity contribution in [1.82, 2.24) is 9.97 Å². The fraction of sp³-hybridized carbons (Fsp3) is 0.375. The van der Waals surface area contributed by atoms with Gasteiger partial charge in [-0.3, -0.25) is 0 Å². The van der Waals surface area contributed by atoms with Crippen LogP contribution >= 0.6 is 43.5 Å². The molecule has 0 radical (unpaired) electrons. The van der Waals surface area contributed by atoms with Crippen LogP contribution in [-0.2, 0) is 6.42 Å². The zero-order valence-corrected chi connectivity index (χ0v) is 15.4. The standard InChI is InChI=1S/C16H15Br2ClN2/c17-12-8-4-3-7-11(12)9-13-20-15(10-5-1-2-6-10)14(18)16(19)21-13/h3-4,7-8,10H,1-2,5-6,9H2. The molecule has 1 aromatic carbocycles. The molecule has 21 heavy (non-hydrogen) atoms. The first kappa shape index (κ1) is 15.4. The van der Waals surface area contributed by atoms with Gasteiger partial charge in [0.1, 0.15) is 11.0 Å². The molecule has 0 aliphatic heterocycles. The van der Waals surface area contributed by atoms with Crippen LogP contribution in [-0.4, -0.2) is 9.97 Å². The van der Waals surface area contributed by atoms with Crippen molar-refractivity contribution in [3.8, 4) is 0 Å². The van der Waals surface area contributed by atoms with Gasteiger partial charge >= 0.3 is 0 Å². The van der Waals surface area contributed by atoms with Gasteiger partial charge in [-0.25, -0.2) is 9.97 Å². The van der Waals surface area contributed by atoms with Crippen molar-refractivity contribution in [2.45, 2.75) is 38.0 Å². The van der Waals surface area contributed by atoms with E-state index in [0.29, 0.717) is 17.5 Å². The second-order valence-corrected chi connectivity index (χ2v) is 7.38. The molecular formula is C16H15Br2ClN2. The second kappa shape index (κ2) is 6.76. The zero-order valence-electron chi connectivity index (χ0n) is 11.5. The van der Waals surface area contributed by atoms with Gasteiger partial charge < -0.3 is 0 Å². The van der Waals surface area contributed by atoms with E-state index in [1.54, 1.807) is 0 Å². The van der Waals surface area contributed by atoms with Gasteiger partial charge in [-0.1, -0.05) is 58.6 Å². The number of hydrogen-bond acceptors (Lipinski definition) is 2. The molecule has 1 aliphatic carbocycles. The third kappa shape index (κ3) is 3.49. The summed E-state index contributed by atoms with van der Waals surface area (Å²) >= 11 is 13.4. The van der Waals surface area contributed by atoms with Gasteiger partial charge in [-0.2, -0.15) is 0 Å². The minimum absolute atomic E-state index is 0.512. The molecule has 110 valence electrons. The lowest BCUT2D eigenvalue weighted by Crippen LogP contribution is -2.06. The highest BCUT2D eigenvalue weighted by molar-refractivity contribution is 9.10. The van der Waals surface area contributed by atoms with E-state index in [0.717, 1.165) is 20.5 Å². The third-order valence-electron chi connectivity index (χ3n) is 3.93. The second-order valence-electron chi connectivity index (χ2n) is 5.38. The maximum Gasteiger partial charge on any atom is 0.147 e. The molecular weight excluding hydrogens is 415 g/mol. The Kier molecular flexibility index (Phi) is 4.97. The summed E-state index contributed by atoms with van der Waals surface area (Å²) in [5, 5.41) is 0.522. The van der Waals surface area contributed by atoms with Crippen molar-refractivity contribution < 1.29 is 0 Å². The lowest BCUT2D eigenvalue weighted by atomic mass is 10.0. The highest BCUT2D eigenvalue weighted by atomic mass is 79.9. The van der Waals surface area contributed by atoms with Crippen molar-refractivity contribution in [1.29, 1.82) is 0 Å². The Labute approximate surface area is 146 Å². The van der Waals surface area contributed by atoms with E-state index >= 15 is 0 Å². The van der Waals surface area contributed by atoms with Crippen LogP contribution in [0.1, 0.15) is 48.7 Å². The average molecular weight is 431 g/mol. The maximum atomic E-state index is 6.29. The molecule has 2 nitrogen and oxygen atoms in total. The molecule has 0 N–H and O–H groups in total. The molecule has 0 saturated heterocycles. The van der Waals surface area contributed by atoms with E-state index in [4.69, 9.17) is 16.6 Å². The van der Waals surface area contributed by atoms with Crippen LogP contribution in [0.2, 0.25) is 5.15 Å². The van der Waals surface area contributed by atoms with Gasteiger partial charge in [0.15, 0.2) is 0 Å². The van der Waals surface area contributed by atoms with Gasteiger partial charge in [0.2, 0.25) is 0 Å². The Hall–Kier alpha value is -0.450. The monoisotopic (exact) mass is 428 g/mol. The number of hydrogen-bond donors (Lipinski definition) is 0. The predicted octanol–water partition coefficient (Wildman–Crippen LogP) is 5.90. The normalized spacial score (nSPS) is 15.6. The van der Waals surface area contributed by atoms with E-state index in [9.17, 15) is 0 Å². The minimum Gasteiger partial charge on any atom is -0.236 e. The Balaban J connectivity index is 1.94. The first-order chi connectivity index (χ1) is 10.1. The molecule has 1 fully saturated rings. The van der Waals surface area contributed by atoms with Crippen molar-refractivity contribution in [2.24, 2.45) is 0 Å². The van der Waals surface area contributed by atoms with Crippen LogP contribution in [0.4, 0.5) is 0 Å². The molecule has 3 rings (SSSR count). The van der Waals surface area contributed by atoms with E-state index in [1.165, 1.54) is 31.2 Å². The Bertz CT molecular complexity index is 655. The predicted molar refractivity (Wildman–Crippen MR) is 92.9 cm³/mol. The highest BCUT2D eigenvalue weighted by Crippen LogP contribution is 2.38. The summed E-state index contributed by atoms with van der Waals surface area (Å²) in [5.41, 5.74) is 2.25. The molecule has 0 amide bonds. The number of nitrogens with zero attached hydrogens (tertiary/aromatic N) is 2. The summed E-state index contributed by atoms with van der Waals surface area (Å²) in [6.07, 6.45) is 5.63. The Morgan fingerprint density at radius 2 is 1.81 bits per heavy atom. The first-order valence-electron chi connectivity index (χ1n) is 7.10. The average Bonchev–Trinajstić information content (AvgIpc) is 2.99. The number of rotatable bonds is 3. The molecule has 1 saturated carbocycles. The van der Waals surface area contributed by atoms with Crippen LogP contribution in [0.15, 0.2) is 33.2 Å². The summed E-state index contributed by atoms with van der Waals surface area (Å²) in [6.45, 7) is 0. The molecule has 0 spiro atoms. The van der Waals surface area contributed by atoms with Crippen LogP contribution in [0.25, 0.3) is 0 Å². The molecule has 1 heterocycles. The minimum atomic E-state index is 0.512. The summed E-state index contributed by atoms with van der Waals surface area (Å²) < 4.78 is 1.95. The van der Waals surface area contributed by atoms with Gasteiger partial charge in [0.25, 0.3) is 0 Å². The molecule has 1 aliphatic rings. The Morgan fingerprint density at radius 1 is 1.10 bits per heavy atom. The lowest BCUT2D eigenvalue weighted by molar-refractivity contribution is 0.681. The smallest absolute Gasteiger partial charge is 0.147 e. The SMILES string of the molecule is Clc1nc(Cc2ccccc2Br)nc(C2CCCC2)c1Br. The molecule has 0 bridgehead atoms. The first-order valence-corrected chi connectivity index (χ1v) is 9.06. The van der Waals surface area contributed by atoms with E-state index in [2.05, 4.69) is 42.9 Å². The molecule has 2 aromatic rings. The lowest BCUT2D eigenvalue weighted by Gasteiger charge is -2.13. The van der Waals surface area contributed by atoms with Gasteiger partial charge in [-0.15, -0.1) is 0 Å². The Morgan fingerprint density at radius 3 is 2.52 bits per heavy atom. The number of benzene rings is 1. The van der Waals surface area contributed by atoms with E-state index in [-0.39, 0.29) is 0 Å². The molecule has 0 atom stereocenters. The van der Waals surface area contributed by atoms with Crippen molar-refractivity contribution >= 4 is 43.5 Å². The van der Waals surface area contributed by atoms with Crippen molar-refractivity contribution in [3.63, 3.8) is 0 Å². The van der Waals surface area contributed by atoms with Crippen molar-refractivity contribution in [3.05, 3.63) is 55.4 Å². The van der Waals surface area contributed by atoms with Crippen LogP contribution in [0.5, 0.6) is 0 Å². The summed E-state index contributed by atoms with van der Waals surface area (Å²) in [7, 11) is 0. The van der Waals surface area contributed by atoms with Gasteiger partial charge in [-0.05, 0) is 40.4 Å². The molecule has 1 aromatic heterocycles. The molecule has 5 heteroatoms. The number of aromatic nitrogens is 2. The fourth-order valence-corrected chi connectivity index (χ4v) is 3.96. The fourth-order valence-electron chi connectivity index (χ4n) is 2.84. The van der Waals surface area contributed by atoms with Crippen molar-refractivity contribution in [2.75, 3.05) is 0 Å². The highest BCUT2D eigenvalue weighted by Gasteiger charge is 2.23. The van der Waals surface area contributed by atoms with Gasteiger partial charge in [0, 0.05) is 16.8 Å². The van der Waals surface area contributed by atoms with E-state index in [1.807, 2.05) is 18.2 Å². The summed E-state index contributed by atoms with van der Waals surface area (Å²) in [4.78, 5) is 9.22. The largest absolute Gasteiger partial charge is 0.236 e. The summed E-state index contributed by atoms with van der Waals surface area (Å²) in [6, 6.07) is 8.15. The van der Waals surface area contributed by atoms with Gasteiger partial charge in [0.05, 0.1) is 10.2 Å². The van der Waals surface area contributed by atoms with Crippen LogP contribution in [0.3, 0.4) is 0 Å². The van der Waals surface area contributed by atoms with Crippen LogP contribution < -0.4 is 0 Å². The quantitative estimate of drug-likeness (QED) is 0.566. The zero-order chi connectivity index (χ0) is 14.8. The van der Waals surface area contributed by atoms with Crippen LogP contribution in [0, 0.1) is 0 Å².